The summed E-state index contributed by atoms with van der Waals surface area (Å²) in [6.07, 6.45) is 5.02. The van der Waals surface area contributed by atoms with Crippen LogP contribution in [0.15, 0.2) is 41.6 Å². The fourth-order valence-corrected chi connectivity index (χ4v) is 4.25. The van der Waals surface area contributed by atoms with E-state index in [1.807, 2.05) is 45.2 Å². The molecule has 1 aromatic heterocycles. The Balaban J connectivity index is 1.73. The van der Waals surface area contributed by atoms with Gasteiger partial charge in [-0.1, -0.05) is 6.07 Å². The first kappa shape index (κ1) is 20.9. The van der Waals surface area contributed by atoms with Crippen molar-refractivity contribution >= 4 is 28.8 Å². The van der Waals surface area contributed by atoms with Crippen LogP contribution in [0.5, 0.6) is 0 Å². The van der Waals surface area contributed by atoms with Crippen LogP contribution in [-0.2, 0) is 4.74 Å². The molecule has 0 spiro atoms. The van der Waals surface area contributed by atoms with Gasteiger partial charge in [0.25, 0.3) is 0 Å². The predicted molar refractivity (Wildman–Crippen MR) is 111 cm³/mol. The van der Waals surface area contributed by atoms with Gasteiger partial charge in [-0.2, -0.15) is 0 Å². The summed E-state index contributed by atoms with van der Waals surface area (Å²) in [6.45, 7) is 6.75. The average molecular weight is 406 g/mol. The molecular formula is C21H28FN3O2S. The van der Waals surface area contributed by atoms with Crippen LogP contribution in [0.1, 0.15) is 33.6 Å². The molecule has 7 heteroatoms. The number of carbonyl (C=O) groups is 1. The smallest absolute Gasteiger partial charge is 0.410 e. The number of aromatic nitrogens is 1. The molecular weight excluding hydrogens is 377 g/mol. The van der Waals surface area contributed by atoms with Crippen molar-refractivity contribution < 1.29 is 13.9 Å². The number of nitrogens with zero attached hydrogens (tertiary/aromatic N) is 3. The average Bonchev–Trinajstić information content (AvgIpc) is 2.63. The number of alkyl halides is 1. The molecule has 1 saturated heterocycles. The van der Waals surface area contributed by atoms with Crippen LogP contribution in [0.4, 0.5) is 9.18 Å². The molecule has 1 fully saturated rings. The highest BCUT2D eigenvalue weighted by molar-refractivity contribution is 7.97. The van der Waals surface area contributed by atoms with Crippen LogP contribution in [0.2, 0.25) is 0 Å². The van der Waals surface area contributed by atoms with Crippen molar-refractivity contribution in [1.29, 1.82) is 0 Å². The molecule has 28 heavy (non-hydrogen) atoms. The molecule has 1 aliphatic heterocycles. The number of pyridine rings is 1. The fourth-order valence-electron chi connectivity index (χ4n) is 3.18. The van der Waals surface area contributed by atoms with Crippen molar-refractivity contribution in [3.63, 3.8) is 0 Å². The number of fused-ring (bicyclic) bond motifs is 1. The Bertz CT molecular complexity index is 812. The molecule has 0 unspecified atom stereocenters. The van der Waals surface area contributed by atoms with Crippen molar-refractivity contribution in [3.05, 3.63) is 36.7 Å². The van der Waals surface area contributed by atoms with E-state index in [4.69, 9.17) is 4.74 Å². The van der Waals surface area contributed by atoms with E-state index in [0.29, 0.717) is 13.1 Å². The van der Waals surface area contributed by atoms with Gasteiger partial charge < -0.3 is 9.64 Å². The Morgan fingerprint density at radius 2 is 2.04 bits per heavy atom. The summed E-state index contributed by atoms with van der Waals surface area (Å²) >= 11 is 1.56. The van der Waals surface area contributed by atoms with Crippen LogP contribution >= 0.6 is 11.9 Å². The zero-order chi connectivity index (χ0) is 20.1. The van der Waals surface area contributed by atoms with E-state index in [9.17, 15) is 9.18 Å². The summed E-state index contributed by atoms with van der Waals surface area (Å²) in [5, 5.41) is 2.19. The first-order valence-corrected chi connectivity index (χ1v) is 10.5. The number of amides is 1. The number of carbonyl (C=O) groups excluding carboxylic acids is 1. The van der Waals surface area contributed by atoms with Crippen molar-refractivity contribution in [2.45, 2.75) is 50.2 Å². The standard InChI is InChI=1S/C21H28FN3O2S/c1-21(2,3)27-20(26)24-10-4-5-11-25(18(13-22)15-24)28-19-7-6-17-14-23-9-8-16(17)12-19/h6-9,12,14,18H,4-5,10-11,13,15H2,1-3H3/t18-/m1/s1. The normalized spacial score (nSPS) is 19.3. The zero-order valence-electron chi connectivity index (χ0n) is 16.7. The lowest BCUT2D eigenvalue weighted by atomic mass is 10.2. The third kappa shape index (κ3) is 5.58. The maximum atomic E-state index is 13.9. The summed E-state index contributed by atoms with van der Waals surface area (Å²) in [7, 11) is 0. The minimum Gasteiger partial charge on any atom is -0.444 e. The molecule has 0 radical (unpaired) electrons. The number of benzene rings is 1. The van der Waals surface area contributed by atoms with Crippen molar-refractivity contribution in [2.75, 3.05) is 26.3 Å². The van der Waals surface area contributed by atoms with Gasteiger partial charge in [-0.25, -0.2) is 13.5 Å². The zero-order valence-corrected chi connectivity index (χ0v) is 17.5. The lowest BCUT2D eigenvalue weighted by molar-refractivity contribution is 0.0186. The number of halogens is 1. The molecule has 0 bridgehead atoms. The third-order valence-electron chi connectivity index (χ3n) is 4.56. The van der Waals surface area contributed by atoms with Gasteiger partial charge in [0, 0.05) is 42.3 Å². The summed E-state index contributed by atoms with van der Waals surface area (Å²) in [5.74, 6) is 0. The molecule has 3 rings (SSSR count). The monoisotopic (exact) mass is 405 g/mol. The Kier molecular flexibility index (Phi) is 6.78. The van der Waals surface area contributed by atoms with Crippen molar-refractivity contribution in [3.8, 4) is 0 Å². The van der Waals surface area contributed by atoms with Crippen LogP contribution in [0.25, 0.3) is 10.8 Å². The Hall–Kier alpha value is -1.86. The molecule has 0 aliphatic carbocycles. The molecule has 2 heterocycles. The molecule has 1 atom stereocenters. The molecule has 1 aromatic carbocycles. The van der Waals surface area contributed by atoms with Gasteiger partial charge in [0.05, 0.1) is 6.04 Å². The van der Waals surface area contributed by atoms with Gasteiger partial charge in [0.2, 0.25) is 0 Å². The first-order valence-electron chi connectivity index (χ1n) is 9.68. The van der Waals surface area contributed by atoms with Gasteiger partial charge in [-0.15, -0.1) is 0 Å². The molecule has 152 valence electrons. The topological polar surface area (TPSA) is 45.7 Å². The Labute approximate surface area is 170 Å². The summed E-state index contributed by atoms with van der Waals surface area (Å²) in [6, 6.07) is 7.78. The third-order valence-corrected chi connectivity index (χ3v) is 5.74. The highest BCUT2D eigenvalue weighted by Gasteiger charge is 2.29. The second-order valence-electron chi connectivity index (χ2n) is 8.06. The number of hydrogen-bond acceptors (Lipinski definition) is 5. The molecule has 2 aromatic rings. The van der Waals surface area contributed by atoms with Gasteiger partial charge in [0.1, 0.15) is 12.3 Å². The lowest BCUT2D eigenvalue weighted by Crippen LogP contribution is -2.48. The van der Waals surface area contributed by atoms with Crippen LogP contribution in [0.3, 0.4) is 0 Å². The van der Waals surface area contributed by atoms with E-state index in [1.54, 1.807) is 23.0 Å². The minimum atomic E-state index is -0.556. The van der Waals surface area contributed by atoms with Gasteiger partial charge in [0.15, 0.2) is 0 Å². The first-order chi connectivity index (χ1) is 13.4. The van der Waals surface area contributed by atoms with E-state index in [0.717, 1.165) is 35.1 Å². The molecule has 1 aliphatic rings. The molecule has 5 nitrogen and oxygen atoms in total. The minimum absolute atomic E-state index is 0.329. The Morgan fingerprint density at radius 3 is 2.79 bits per heavy atom. The number of rotatable bonds is 3. The van der Waals surface area contributed by atoms with E-state index >= 15 is 0 Å². The SMILES string of the molecule is CC(C)(C)OC(=O)N1CCCCN(Sc2ccc3cnccc3c2)[C@H](CF)C1. The van der Waals surface area contributed by atoms with Crippen LogP contribution in [0, 0.1) is 0 Å². The maximum absolute atomic E-state index is 13.9. The summed E-state index contributed by atoms with van der Waals surface area (Å²) in [5.41, 5.74) is -0.556. The van der Waals surface area contributed by atoms with E-state index in [1.165, 1.54) is 0 Å². The Morgan fingerprint density at radius 1 is 1.25 bits per heavy atom. The number of ether oxygens (including phenoxy) is 1. The molecule has 1 amide bonds. The summed E-state index contributed by atoms with van der Waals surface area (Å²) in [4.78, 5) is 19.3. The van der Waals surface area contributed by atoms with Crippen LogP contribution in [-0.4, -0.2) is 58.2 Å². The second kappa shape index (κ2) is 9.09. The van der Waals surface area contributed by atoms with E-state index in [-0.39, 0.29) is 12.1 Å². The second-order valence-corrected chi connectivity index (χ2v) is 9.18. The highest BCUT2D eigenvalue weighted by atomic mass is 32.2. The fraction of sp³-hybridized carbons (Fsp3) is 0.524. The van der Waals surface area contributed by atoms with Gasteiger partial charge >= 0.3 is 6.09 Å². The van der Waals surface area contributed by atoms with Crippen molar-refractivity contribution in [1.82, 2.24) is 14.2 Å². The maximum Gasteiger partial charge on any atom is 0.410 e. The quantitative estimate of drug-likeness (QED) is 0.679. The largest absolute Gasteiger partial charge is 0.444 e. The van der Waals surface area contributed by atoms with E-state index in [2.05, 4.69) is 15.4 Å². The lowest BCUT2D eigenvalue weighted by Gasteiger charge is -2.36. The van der Waals surface area contributed by atoms with Crippen LogP contribution < -0.4 is 0 Å². The number of hydrogen-bond donors (Lipinski definition) is 0. The van der Waals surface area contributed by atoms with Gasteiger partial charge in [-0.05, 0) is 69.1 Å². The van der Waals surface area contributed by atoms with Crippen molar-refractivity contribution in [2.24, 2.45) is 0 Å². The molecule has 0 N–H and O–H groups in total. The van der Waals surface area contributed by atoms with Gasteiger partial charge in [-0.3, -0.25) is 4.98 Å². The molecule has 0 saturated carbocycles. The predicted octanol–water partition coefficient (Wildman–Crippen LogP) is 4.91. The van der Waals surface area contributed by atoms with E-state index < -0.39 is 12.3 Å². The summed E-state index contributed by atoms with van der Waals surface area (Å²) < 4.78 is 21.5. The highest BCUT2D eigenvalue weighted by Crippen LogP contribution is 2.30.